The molecule has 0 bridgehead atoms. The van der Waals surface area contributed by atoms with E-state index in [9.17, 15) is 5.11 Å². The second-order valence-corrected chi connectivity index (χ2v) is 5.56. The number of aliphatic hydroxyl groups excluding tert-OH is 1. The molecule has 0 aliphatic heterocycles. The van der Waals surface area contributed by atoms with Crippen LogP contribution in [-0.4, -0.2) is 27.1 Å². The first-order chi connectivity index (χ1) is 8.29. The van der Waals surface area contributed by atoms with Crippen LogP contribution in [0.2, 0.25) is 0 Å². The molecular formula is C12H21N3OS. The molecule has 0 amide bonds. The minimum Gasteiger partial charge on any atom is -0.396 e. The Balaban J connectivity index is 1.95. The Kier molecular flexibility index (Phi) is 4.74. The molecule has 0 saturated heterocycles. The van der Waals surface area contributed by atoms with Gasteiger partial charge in [-0.15, -0.1) is 0 Å². The largest absolute Gasteiger partial charge is 0.396 e. The van der Waals surface area contributed by atoms with Gasteiger partial charge in [-0.1, -0.05) is 19.3 Å². The molecular weight excluding hydrogens is 234 g/mol. The molecule has 1 atom stereocenters. The molecule has 1 aliphatic carbocycles. The maximum atomic E-state index is 9.18. The van der Waals surface area contributed by atoms with Gasteiger partial charge in [0, 0.05) is 24.2 Å². The SMILES string of the molecule is Cc1nsc(NC(CCO)C2CCCCC2)n1. The Morgan fingerprint density at radius 3 is 2.76 bits per heavy atom. The molecule has 1 aromatic heterocycles. The van der Waals surface area contributed by atoms with E-state index in [1.165, 1.54) is 43.6 Å². The topological polar surface area (TPSA) is 58.0 Å². The average Bonchev–Trinajstić information content (AvgIpc) is 2.75. The number of hydrogen-bond acceptors (Lipinski definition) is 5. The Morgan fingerprint density at radius 1 is 1.41 bits per heavy atom. The van der Waals surface area contributed by atoms with Crippen molar-refractivity contribution in [1.29, 1.82) is 0 Å². The Hall–Kier alpha value is -0.680. The molecule has 1 saturated carbocycles. The highest BCUT2D eigenvalue weighted by molar-refractivity contribution is 7.09. The molecule has 1 heterocycles. The first kappa shape index (κ1) is 12.8. The first-order valence-corrected chi connectivity index (χ1v) is 7.24. The van der Waals surface area contributed by atoms with Crippen LogP contribution in [-0.2, 0) is 0 Å². The Bertz CT molecular complexity index is 336. The third kappa shape index (κ3) is 3.64. The van der Waals surface area contributed by atoms with Crippen molar-refractivity contribution < 1.29 is 5.11 Å². The number of nitrogens with one attached hydrogen (secondary N) is 1. The standard InChI is InChI=1S/C12H21N3OS/c1-9-13-12(17-15-9)14-11(7-8-16)10-5-3-2-4-6-10/h10-11,16H,2-8H2,1H3,(H,13,14,15). The van der Waals surface area contributed by atoms with E-state index in [-0.39, 0.29) is 6.61 Å². The summed E-state index contributed by atoms with van der Waals surface area (Å²) in [6, 6.07) is 0.354. The van der Waals surface area contributed by atoms with Crippen LogP contribution in [0.1, 0.15) is 44.3 Å². The molecule has 0 radical (unpaired) electrons. The molecule has 4 nitrogen and oxygen atoms in total. The van der Waals surface area contributed by atoms with E-state index in [4.69, 9.17) is 0 Å². The summed E-state index contributed by atoms with van der Waals surface area (Å²) in [6.07, 6.45) is 7.36. The lowest BCUT2D eigenvalue weighted by Crippen LogP contribution is -2.31. The number of hydrogen-bond donors (Lipinski definition) is 2. The lowest BCUT2D eigenvalue weighted by Gasteiger charge is -2.30. The van der Waals surface area contributed by atoms with E-state index in [2.05, 4.69) is 14.7 Å². The van der Waals surface area contributed by atoms with Crippen LogP contribution in [0.5, 0.6) is 0 Å². The van der Waals surface area contributed by atoms with E-state index in [0.29, 0.717) is 12.0 Å². The highest BCUT2D eigenvalue weighted by atomic mass is 32.1. The molecule has 0 aromatic carbocycles. The highest BCUT2D eigenvalue weighted by Gasteiger charge is 2.23. The maximum Gasteiger partial charge on any atom is 0.202 e. The van der Waals surface area contributed by atoms with Crippen molar-refractivity contribution in [3.8, 4) is 0 Å². The van der Waals surface area contributed by atoms with Gasteiger partial charge in [0.15, 0.2) is 0 Å². The van der Waals surface area contributed by atoms with Gasteiger partial charge in [0.05, 0.1) is 0 Å². The van der Waals surface area contributed by atoms with Gasteiger partial charge in [-0.3, -0.25) is 0 Å². The summed E-state index contributed by atoms with van der Waals surface area (Å²) in [6.45, 7) is 2.15. The third-order valence-electron chi connectivity index (χ3n) is 3.50. The first-order valence-electron chi connectivity index (χ1n) is 6.47. The fourth-order valence-electron chi connectivity index (χ4n) is 2.62. The van der Waals surface area contributed by atoms with Crippen molar-refractivity contribution in [3.05, 3.63) is 5.82 Å². The lowest BCUT2D eigenvalue weighted by atomic mass is 9.83. The fourth-order valence-corrected chi connectivity index (χ4v) is 3.25. The second-order valence-electron chi connectivity index (χ2n) is 4.81. The Labute approximate surface area is 107 Å². The molecule has 1 unspecified atom stereocenters. The number of aryl methyl sites for hydroxylation is 1. The summed E-state index contributed by atoms with van der Waals surface area (Å²) in [5.74, 6) is 1.50. The zero-order valence-electron chi connectivity index (χ0n) is 10.4. The number of nitrogens with zero attached hydrogens (tertiary/aromatic N) is 2. The number of rotatable bonds is 5. The predicted molar refractivity (Wildman–Crippen MR) is 70.3 cm³/mol. The summed E-state index contributed by atoms with van der Waals surface area (Å²) < 4.78 is 4.18. The van der Waals surface area contributed by atoms with Crippen LogP contribution in [0, 0.1) is 12.8 Å². The lowest BCUT2D eigenvalue weighted by molar-refractivity contribution is 0.239. The van der Waals surface area contributed by atoms with Crippen molar-refractivity contribution >= 4 is 16.7 Å². The van der Waals surface area contributed by atoms with Crippen molar-refractivity contribution in [2.75, 3.05) is 11.9 Å². The summed E-state index contributed by atoms with van der Waals surface area (Å²) in [5, 5.41) is 13.5. The van der Waals surface area contributed by atoms with Gasteiger partial charge in [-0.25, -0.2) is 4.98 Å². The van der Waals surface area contributed by atoms with Gasteiger partial charge in [0.2, 0.25) is 5.13 Å². The number of aromatic nitrogens is 2. The zero-order chi connectivity index (χ0) is 12.1. The second kappa shape index (κ2) is 6.31. The van der Waals surface area contributed by atoms with E-state index in [1.807, 2.05) is 6.92 Å². The van der Waals surface area contributed by atoms with Crippen LogP contribution < -0.4 is 5.32 Å². The molecule has 1 aromatic rings. The van der Waals surface area contributed by atoms with Gasteiger partial charge in [0.1, 0.15) is 5.82 Å². The summed E-state index contributed by atoms with van der Waals surface area (Å²) >= 11 is 1.41. The third-order valence-corrected chi connectivity index (χ3v) is 4.23. The van der Waals surface area contributed by atoms with Crippen molar-refractivity contribution in [1.82, 2.24) is 9.36 Å². The smallest absolute Gasteiger partial charge is 0.202 e. The van der Waals surface area contributed by atoms with Gasteiger partial charge >= 0.3 is 0 Å². The van der Waals surface area contributed by atoms with Crippen LogP contribution in [0.25, 0.3) is 0 Å². The summed E-state index contributed by atoms with van der Waals surface area (Å²) in [7, 11) is 0. The van der Waals surface area contributed by atoms with Crippen LogP contribution >= 0.6 is 11.5 Å². The molecule has 17 heavy (non-hydrogen) atoms. The zero-order valence-corrected chi connectivity index (χ0v) is 11.2. The van der Waals surface area contributed by atoms with Crippen molar-refractivity contribution in [2.45, 2.75) is 51.5 Å². The van der Waals surface area contributed by atoms with Crippen molar-refractivity contribution in [2.24, 2.45) is 5.92 Å². The molecule has 2 rings (SSSR count). The monoisotopic (exact) mass is 255 g/mol. The van der Waals surface area contributed by atoms with Crippen LogP contribution in [0.4, 0.5) is 5.13 Å². The van der Waals surface area contributed by atoms with Gasteiger partial charge < -0.3 is 10.4 Å². The molecule has 1 aliphatic rings. The van der Waals surface area contributed by atoms with Crippen molar-refractivity contribution in [3.63, 3.8) is 0 Å². The average molecular weight is 255 g/mol. The van der Waals surface area contributed by atoms with Crippen LogP contribution in [0.15, 0.2) is 0 Å². The predicted octanol–water partition coefficient (Wildman–Crippen LogP) is 2.59. The van der Waals surface area contributed by atoms with Gasteiger partial charge in [-0.2, -0.15) is 4.37 Å². The van der Waals surface area contributed by atoms with E-state index in [1.54, 1.807) is 0 Å². The number of anilines is 1. The van der Waals surface area contributed by atoms with E-state index in [0.717, 1.165) is 17.4 Å². The van der Waals surface area contributed by atoms with Crippen LogP contribution in [0.3, 0.4) is 0 Å². The van der Waals surface area contributed by atoms with E-state index >= 15 is 0 Å². The normalized spacial score (nSPS) is 19.2. The fraction of sp³-hybridized carbons (Fsp3) is 0.833. The quantitative estimate of drug-likeness (QED) is 0.849. The van der Waals surface area contributed by atoms with Gasteiger partial charge in [0.25, 0.3) is 0 Å². The van der Waals surface area contributed by atoms with E-state index < -0.39 is 0 Å². The Morgan fingerprint density at radius 2 is 2.18 bits per heavy atom. The molecule has 5 heteroatoms. The number of aliphatic hydroxyl groups is 1. The summed E-state index contributed by atoms with van der Waals surface area (Å²) in [4.78, 5) is 4.34. The molecule has 96 valence electrons. The minimum absolute atomic E-state index is 0.242. The maximum absolute atomic E-state index is 9.18. The molecule has 2 N–H and O–H groups in total. The van der Waals surface area contributed by atoms with Gasteiger partial charge in [-0.05, 0) is 32.1 Å². The summed E-state index contributed by atoms with van der Waals surface area (Å²) in [5.41, 5.74) is 0. The molecule has 1 fully saturated rings. The molecule has 0 spiro atoms. The minimum atomic E-state index is 0.242. The highest BCUT2D eigenvalue weighted by Crippen LogP contribution is 2.29.